The molecule has 9 aromatic carbocycles. The highest BCUT2D eigenvalue weighted by atomic mass is 32.2. The molecule has 0 saturated heterocycles. The molecule has 21 rings (SSSR count). The van der Waals surface area contributed by atoms with Crippen molar-refractivity contribution in [3.8, 4) is 51.7 Å². The molecule has 0 bridgehead atoms. The molecule has 12 aliphatic rings. The second-order valence-electron chi connectivity index (χ2n) is 40.5. The first-order valence-electron chi connectivity index (χ1n) is 49.6. The fourth-order valence-corrected chi connectivity index (χ4v) is 26.5. The summed E-state index contributed by atoms with van der Waals surface area (Å²) in [5.74, 6) is 7.71. The minimum Gasteiger partial charge on any atom is -0.497 e. The SMILES string of the molecule is COc1ccc(CN2C(=O)C3(CCC3)c3cc(N)cc(OC4CCC(C)CC4)c32)cc1.COc1ccc(CN2C(=O)C3(CCC3)c3cc(NS(=O)(=O)c4ccccc4OC)cc(OC4CCC(C)CC4)c32)cc1.COc1ccccc1S(=O)(=O)Nc1cc(OC2CCC(C)CC2)c2c(c1)C1(CCC1)C(=O)C2.COc1ccccc1S(=O)(=O)Nc1cc(OC2CCC(O)CC2)c2c(c1)C1(CCC1)C(=O)C2. The van der Waals surface area contributed by atoms with Gasteiger partial charge < -0.3 is 63.3 Å². The van der Waals surface area contributed by atoms with Crippen molar-refractivity contribution in [3.05, 3.63) is 214 Å². The number of aliphatic hydroxyl groups excluding tert-OH is 1. The van der Waals surface area contributed by atoms with E-state index in [1.165, 1.54) is 52.4 Å². The maximum Gasteiger partial charge on any atom is 0.265 e. The van der Waals surface area contributed by atoms with Gasteiger partial charge in [-0.3, -0.25) is 33.3 Å². The minimum atomic E-state index is -3.98. The van der Waals surface area contributed by atoms with E-state index in [1.807, 2.05) is 88.7 Å². The number of benzene rings is 9. The maximum atomic E-state index is 14.2. The van der Waals surface area contributed by atoms with Crippen LogP contribution in [0.25, 0.3) is 0 Å². The van der Waals surface area contributed by atoms with E-state index in [2.05, 4.69) is 34.9 Å². The van der Waals surface area contributed by atoms with Crippen LogP contribution in [-0.2, 0) is 96.8 Å². The Hall–Kier alpha value is -11.5. The number of amides is 2. The number of nitrogen functional groups attached to an aromatic ring is 1. The van der Waals surface area contributed by atoms with Crippen LogP contribution in [0.4, 0.5) is 34.1 Å². The number of fused-ring (bicyclic) bond motifs is 8. The van der Waals surface area contributed by atoms with Gasteiger partial charge in [0, 0.05) is 53.9 Å². The third-order valence-electron chi connectivity index (χ3n) is 31.6. The summed E-state index contributed by atoms with van der Waals surface area (Å²) in [7, 11) is -4.16. The third kappa shape index (κ3) is 19.6. The minimum absolute atomic E-state index is 0.00209. The van der Waals surface area contributed by atoms with Crippen molar-refractivity contribution in [2.75, 3.05) is 65.2 Å². The number of anilines is 6. The predicted molar refractivity (Wildman–Crippen MR) is 535 cm³/mol. The summed E-state index contributed by atoms with van der Waals surface area (Å²) >= 11 is 0. The monoisotopic (exact) mass is 1950 g/mol. The maximum absolute atomic E-state index is 14.2. The van der Waals surface area contributed by atoms with Gasteiger partial charge in [0.15, 0.2) is 0 Å². The fraction of sp³-hybridized carbons (Fsp3) is 0.473. The number of Topliss-reactive ketones (excluding diaryl/α,β-unsaturated/α-hetero) is 2. The summed E-state index contributed by atoms with van der Waals surface area (Å²) in [6.45, 7) is 7.75. The number of aliphatic hydroxyl groups is 1. The van der Waals surface area contributed by atoms with Crippen LogP contribution >= 0.6 is 0 Å². The highest BCUT2D eigenvalue weighted by molar-refractivity contribution is 7.93. The van der Waals surface area contributed by atoms with Crippen molar-refractivity contribution in [3.63, 3.8) is 0 Å². The lowest BCUT2D eigenvalue weighted by Crippen LogP contribution is -2.44. The van der Waals surface area contributed by atoms with Gasteiger partial charge in [0.25, 0.3) is 30.1 Å². The normalized spacial score (nSPS) is 22.9. The molecule has 26 nitrogen and oxygen atoms in total. The lowest BCUT2D eigenvalue weighted by molar-refractivity contribution is -0.126. The number of nitrogens with one attached hydrogen (secondary N) is 3. The third-order valence-corrected chi connectivity index (χ3v) is 35.9. The zero-order chi connectivity index (χ0) is 97.5. The van der Waals surface area contributed by atoms with Crippen LogP contribution in [0.5, 0.6) is 51.7 Å². The summed E-state index contributed by atoms with van der Waals surface area (Å²) in [6, 6.07) is 49.8. The number of carbonyl (C=O) groups is 4. The molecule has 6 N–H and O–H groups in total. The predicted octanol–water partition coefficient (Wildman–Crippen LogP) is 20.4. The van der Waals surface area contributed by atoms with Crippen molar-refractivity contribution >= 4 is 87.6 Å². The molecule has 139 heavy (non-hydrogen) atoms. The Morgan fingerprint density at radius 1 is 0.345 bits per heavy atom. The average molecular weight is 1950 g/mol. The lowest BCUT2D eigenvalue weighted by Gasteiger charge is -2.38. The van der Waals surface area contributed by atoms with Crippen LogP contribution < -0.4 is 72.3 Å². The topological polar surface area (TPSA) is 343 Å². The van der Waals surface area contributed by atoms with Crippen LogP contribution in [0.3, 0.4) is 0 Å². The number of ketones is 2. The van der Waals surface area contributed by atoms with Crippen molar-refractivity contribution in [2.24, 2.45) is 17.8 Å². The first kappa shape index (κ1) is 97.7. The average Bonchev–Trinajstić information content (AvgIpc) is 1.55. The Balaban J connectivity index is 0.000000124. The summed E-state index contributed by atoms with van der Waals surface area (Å²) in [5.41, 5.74) is 15.4. The molecule has 4 spiro atoms. The Bertz CT molecular complexity index is 6250. The fourth-order valence-electron chi connectivity index (χ4n) is 22.9. The van der Waals surface area contributed by atoms with E-state index >= 15 is 0 Å². The summed E-state index contributed by atoms with van der Waals surface area (Å²) in [5, 5.41) is 9.83. The molecule has 29 heteroatoms. The molecule has 10 aliphatic carbocycles. The molecule has 0 atom stereocenters. The van der Waals surface area contributed by atoms with Gasteiger partial charge in [-0.25, -0.2) is 25.3 Å². The van der Waals surface area contributed by atoms with Crippen LogP contribution in [0.1, 0.15) is 245 Å². The van der Waals surface area contributed by atoms with Gasteiger partial charge >= 0.3 is 0 Å². The molecule has 2 aliphatic heterocycles. The van der Waals surface area contributed by atoms with E-state index in [4.69, 9.17) is 48.4 Å². The summed E-state index contributed by atoms with van der Waals surface area (Å²) < 4.78 is 141. The first-order valence-corrected chi connectivity index (χ1v) is 54.1. The number of para-hydroxylation sites is 3. The van der Waals surface area contributed by atoms with Gasteiger partial charge in [-0.1, -0.05) is 107 Å². The zero-order valence-electron chi connectivity index (χ0n) is 80.8. The highest BCUT2D eigenvalue weighted by Gasteiger charge is 2.59. The second-order valence-corrected chi connectivity index (χ2v) is 45.5. The van der Waals surface area contributed by atoms with Crippen molar-refractivity contribution in [2.45, 2.75) is 293 Å². The molecule has 2 amide bonds. The number of rotatable bonds is 26. The Morgan fingerprint density at radius 3 is 0.957 bits per heavy atom. The largest absolute Gasteiger partial charge is 0.497 e. The van der Waals surface area contributed by atoms with Gasteiger partial charge in [0.05, 0.1) is 129 Å². The molecule has 738 valence electrons. The summed E-state index contributed by atoms with van der Waals surface area (Å²) in [6.07, 6.45) is 26.6. The van der Waals surface area contributed by atoms with Gasteiger partial charge in [-0.15, -0.1) is 0 Å². The Kier molecular flexibility index (Phi) is 28.3. The number of methoxy groups -OCH3 is 5. The molecule has 0 radical (unpaired) electrons. The zero-order valence-corrected chi connectivity index (χ0v) is 83.3. The standard InChI is InChI=1S/C33H38N2O6S.C26H32N2O3.C26H31NO5S.C25H29NO6S/c1-22-9-13-26(14-10-22)41-29-20-24(34-42(37,38)30-8-5-4-7-28(30)40-3)19-27-31(29)35(32(36)33(27)17-6-18-33)21-23-11-15-25(39-2)16-12-23;1-17-4-8-21(9-5-17)31-23-15-19(27)14-22-24(23)28(25(29)26(22)12-3-13-26)16-18-6-10-20(30-2)11-7-18;1-17-8-10-19(11-9-17)32-23-15-18(14-21-20(23)16-25(28)26(21)12-5-13-26)27-33(29,30)24-7-4-3-6-22(24)31-2;1-31-21-5-2-3-6-23(21)33(29,30)26-16-13-20-19(15-24(28)25(20)11-4-12-25)22(14-16)32-18-9-7-17(27)8-10-18/h4-5,7-8,11-12,15-16,19-20,22,26,34H,6,9-10,13-14,17-18,21H2,1-3H3;6-7,10-11,14-15,17,21H,3-5,8-9,12-13,16,27H2,1-2H3;3-4,6-7,14-15,17,19,27H,5,8-13,16H2,1-2H3;2-3,5-6,13-14,17-18,26-27H,4,7-12,15H2,1H3. The van der Waals surface area contributed by atoms with E-state index in [1.54, 1.807) is 87.0 Å². The number of carbonyl (C=O) groups excluding carboxylic acids is 4. The van der Waals surface area contributed by atoms with Crippen LogP contribution in [0.15, 0.2) is 185 Å². The van der Waals surface area contributed by atoms with Gasteiger partial charge in [0.2, 0.25) is 11.8 Å². The number of ether oxygens (including phenoxy) is 9. The number of hydrogen-bond donors (Lipinski definition) is 5. The van der Waals surface area contributed by atoms with Crippen molar-refractivity contribution in [1.29, 1.82) is 0 Å². The molecule has 8 saturated carbocycles. The molecule has 9 aromatic rings. The number of nitrogens with two attached hydrogens (primary N) is 1. The highest BCUT2D eigenvalue weighted by Crippen LogP contribution is 2.61. The van der Waals surface area contributed by atoms with Gasteiger partial charge in [-0.05, 0) is 290 Å². The molecular weight excluding hydrogens is 1820 g/mol. The first-order chi connectivity index (χ1) is 66.9. The van der Waals surface area contributed by atoms with E-state index < -0.39 is 51.7 Å². The second kappa shape index (κ2) is 40.2. The molecule has 8 fully saturated rings. The van der Waals surface area contributed by atoms with E-state index in [0.29, 0.717) is 90.6 Å². The quantitative estimate of drug-likeness (QED) is 0.0314. The van der Waals surface area contributed by atoms with Crippen LogP contribution in [-0.4, -0.2) is 120 Å². The van der Waals surface area contributed by atoms with Gasteiger partial charge in [-0.2, -0.15) is 0 Å². The molecule has 0 aromatic heterocycles. The van der Waals surface area contributed by atoms with E-state index in [-0.39, 0.29) is 85.8 Å². The molecule has 2 heterocycles. The molecular formula is C110H130N6O20S3. The number of hydrogen-bond acceptors (Lipinski definition) is 21. The van der Waals surface area contributed by atoms with Crippen LogP contribution in [0.2, 0.25) is 0 Å². The smallest absolute Gasteiger partial charge is 0.265 e. The Labute approximate surface area is 817 Å². The Morgan fingerprint density at radius 2 is 0.640 bits per heavy atom. The summed E-state index contributed by atoms with van der Waals surface area (Å²) in [4.78, 5) is 57.8. The lowest BCUT2D eigenvalue weighted by atomic mass is 9.64. The van der Waals surface area contributed by atoms with E-state index in [0.717, 1.165) is 233 Å². The van der Waals surface area contributed by atoms with Crippen molar-refractivity contribution in [1.82, 2.24) is 0 Å². The van der Waals surface area contributed by atoms with Gasteiger partial charge in [0.1, 0.15) is 78.0 Å². The van der Waals surface area contributed by atoms with Crippen molar-refractivity contribution < 1.29 is 92.2 Å². The van der Waals surface area contributed by atoms with Crippen LogP contribution in [0, 0.1) is 17.8 Å². The number of sulfonamides is 3. The number of nitrogens with zero attached hydrogens (tertiary/aromatic N) is 2. The van der Waals surface area contributed by atoms with E-state index in [9.17, 15) is 49.5 Å². The molecule has 0 unspecified atom stereocenters.